The number of nitrogens with zero attached hydrogens (tertiary/aromatic N) is 6. The zero-order valence-electron chi connectivity index (χ0n) is 17.3. The van der Waals surface area contributed by atoms with E-state index < -0.39 is 0 Å². The quantitative estimate of drug-likeness (QED) is 0.512. The van der Waals surface area contributed by atoms with Crippen LogP contribution in [0.4, 0.5) is 5.95 Å². The summed E-state index contributed by atoms with van der Waals surface area (Å²) in [6, 6.07) is 15.0. The van der Waals surface area contributed by atoms with Crippen LogP contribution in [0.3, 0.4) is 0 Å². The van der Waals surface area contributed by atoms with E-state index >= 15 is 0 Å². The molecule has 3 aromatic heterocycles. The summed E-state index contributed by atoms with van der Waals surface area (Å²) in [5.74, 6) is 1.87. The van der Waals surface area contributed by atoms with Gasteiger partial charge in [-0.1, -0.05) is 30.3 Å². The van der Waals surface area contributed by atoms with E-state index in [0.717, 1.165) is 79.8 Å². The Bertz CT molecular complexity index is 1200. The predicted molar refractivity (Wildman–Crippen MR) is 119 cm³/mol. The highest BCUT2D eigenvalue weighted by molar-refractivity contribution is 5.76. The number of ether oxygens (including phenoxy) is 1. The molecular formula is C24H24N6O. The normalized spacial score (nSPS) is 18.8. The van der Waals surface area contributed by atoms with E-state index in [0.29, 0.717) is 0 Å². The molecule has 0 N–H and O–H groups in total. The first kappa shape index (κ1) is 18.4. The lowest BCUT2D eigenvalue weighted by molar-refractivity contribution is 0.122. The van der Waals surface area contributed by atoms with Crippen molar-refractivity contribution in [2.45, 2.75) is 25.3 Å². The first-order valence-corrected chi connectivity index (χ1v) is 10.9. The van der Waals surface area contributed by atoms with E-state index in [1.54, 1.807) is 0 Å². The van der Waals surface area contributed by atoms with E-state index in [1.165, 1.54) is 5.56 Å². The number of imidazole rings is 1. The van der Waals surface area contributed by atoms with E-state index in [9.17, 15) is 0 Å². The Morgan fingerprint density at radius 3 is 2.52 bits per heavy atom. The Balaban J connectivity index is 1.38. The standard InChI is InChI=1S/C24H24N6O/c1-2-5-17(6-3-1)21-7-4-8-22-27-20-10-9-19(28-23(20)30(21)22)18-15-25-24(26-16-18)29-11-13-31-14-12-29/h1-3,5-6,9-10,15-16,21H,4,7-8,11-14H2. The first-order chi connectivity index (χ1) is 15.4. The van der Waals surface area contributed by atoms with Gasteiger partial charge in [-0.05, 0) is 30.5 Å². The minimum Gasteiger partial charge on any atom is -0.378 e. The number of anilines is 1. The van der Waals surface area contributed by atoms with Crippen LogP contribution in [0.2, 0.25) is 0 Å². The Kier molecular flexibility index (Phi) is 4.61. The van der Waals surface area contributed by atoms with Crippen LogP contribution >= 0.6 is 0 Å². The molecule has 7 nitrogen and oxygen atoms in total. The maximum atomic E-state index is 5.42. The second-order valence-electron chi connectivity index (χ2n) is 8.13. The summed E-state index contributed by atoms with van der Waals surface area (Å²) in [7, 11) is 0. The number of benzene rings is 1. The molecule has 0 bridgehead atoms. The number of hydrogen-bond donors (Lipinski definition) is 0. The highest BCUT2D eigenvalue weighted by atomic mass is 16.5. The second-order valence-corrected chi connectivity index (χ2v) is 8.13. The van der Waals surface area contributed by atoms with Crippen LogP contribution in [0.15, 0.2) is 54.9 Å². The Morgan fingerprint density at radius 2 is 1.71 bits per heavy atom. The van der Waals surface area contributed by atoms with Crippen molar-refractivity contribution >= 4 is 17.1 Å². The second kappa shape index (κ2) is 7.74. The zero-order valence-corrected chi connectivity index (χ0v) is 17.3. The predicted octanol–water partition coefficient (Wildman–Crippen LogP) is 3.65. The fourth-order valence-electron chi connectivity index (χ4n) is 4.64. The monoisotopic (exact) mass is 412 g/mol. The molecular weight excluding hydrogens is 388 g/mol. The van der Waals surface area contributed by atoms with Gasteiger partial charge in [0.25, 0.3) is 0 Å². The fraction of sp³-hybridized carbons (Fsp3) is 0.333. The van der Waals surface area contributed by atoms with Crippen molar-refractivity contribution in [1.82, 2.24) is 24.5 Å². The minimum atomic E-state index is 0.276. The van der Waals surface area contributed by atoms with Gasteiger partial charge in [0.2, 0.25) is 5.95 Å². The molecule has 1 aromatic carbocycles. The van der Waals surface area contributed by atoms with Crippen molar-refractivity contribution < 1.29 is 4.74 Å². The maximum Gasteiger partial charge on any atom is 0.225 e. The third-order valence-corrected chi connectivity index (χ3v) is 6.21. The summed E-state index contributed by atoms with van der Waals surface area (Å²) in [5.41, 5.74) is 5.00. The highest BCUT2D eigenvalue weighted by Crippen LogP contribution is 2.34. The molecule has 4 aromatic rings. The van der Waals surface area contributed by atoms with Crippen LogP contribution in [0.5, 0.6) is 0 Å². The number of fused-ring (bicyclic) bond motifs is 3. The summed E-state index contributed by atoms with van der Waals surface area (Å²) < 4.78 is 7.75. The van der Waals surface area contributed by atoms with Crippen LogP contribution < -0.4 is 4.90 Å². The number of rotatable bonds is 3. The Morgan fingerprint density at radius 1 is 0.903 bits per heavy atom. The van der Waals surface area contributed by atoms with Crippen molar-refractivity contribution in [2.75, 3.05) is 31.2 Å². The van der Waals surface area contributed by atoms with Gasteiger partial charge in [-0.3, -0.25) is 0 Å². The molecule has 0 aliphatic carbocycles. The van der Waals surface area contributed by atoms with Gasteiger partial charge in [0.05, 0.1) is 24.9 Å². The third-order valence-electron chi connectivity index (χ3n) is 6.21. The smallest absolute Gasteiger partial charge is 0.225 e. The molecule has 0 saturated carbocycles. The van der Waals surface area contributed by atoms with Crippen LogP contribution in [0.1, 0.15) is 30.3 Å². The molecule has 1 saturated heterocycles. The summed E-state index contributed by atoms with van der Waals surface area (Å²) in [6.45, 7) is 3.09. The number of hydrogen-bond acceptors (Lipinski definition) is 6. The van der Waals surface area contributed by atoms with E-state index in [-0.39, 0.29) is 6.04 Å². The maximum absolute atomic E-state index is 5.42. The molecule has 0 spiro atoms. The molecule has 0 amide bonds. The summed E-state index contributed by atoms with van der Waals surface area (Å²) >= 11 is 0. The number of aryl methyl sites for hydroxylation is 1. The first-order valence-electron chi connectivity index (χ1n) is 10.9. The minimum absolute atomic E-state index is 0.276. The lowest BCUT2D eigenvalue weighted by Gasteiger charge is -2.26. The number of aromatic nitrogens is 5. The number of pyridine rings is 1. The van der Waals surface area contributed by atoms with Gasteiger partial charge < -0.3 is 14.2 Å². The van der Waals surface area contributed by atoms with Gasteiger partial charge in [0, 0.05) is 37.5 Å². The molecule has 1 fully saturated rings. The largest absolute Gasteiger partial charge is 0.378 e. The highest BCUT2D eigenvalue weighted by Gasteiger charge is 2.25. The molecule has 1 atom stereocenters. The van der Waals surface area contributed by atoms with Gasteiger partial charge in [-0.25, -0.2) is 19.9 Å². The Hall–Kier alpha value is -3.32. The van der Waals surface area contributed by atoms with Crippen molar-refractivity contribution in [3.63, 3.8) is 0 Å². The molecule has 0 radical (unpaired) electrons. The topological polar surface area (TPSA) is 69.0 Å². The average Bonchev–Trinajstić information content (AvgIpc) is 3.23. The van der Waals surface area contributed by atoms with Gasteiger partial charge in [-0.2, -0.15) is 0 Å². The molecule has 6 rings (SSSR count). The molecule has 7 heteroatoms. The third kappa shape index (κ3) is 3.35. The van der Waals surface area contributed by atoms with Crippen LogP contribution in [-0.4, -0.2) is 50.8 Å². The summed E-state index contributed by atoms with van der Waals surface area (Å²) in [4.78, 5) is 21.3. The van der Waals surface area contributed by atoms with Crippen LogP contribution in [0.25, 0.3) is 22.4 Å². The van der Waals surface area contributed by atoms with Crippen LogP contribution in [-0.2, 0) is 11.2 Å². The molecule has 1 unspecified atom stereocenters. The SMILES string of the molecule is c1ccc(C2CCCc3nc4ccc(-c5cnc(N6CCOCC6)nc5)nc4n32)cc1. The molecule has 31 heavy (non-hydrogen) atoms. The number of morpholine rings is 1. The molecule has 5 heterocycles. The molecule has 2 aliphatic rings. The van der Waals surface area contributed by atoms with Crippen molar-refractivity contribution in [3.05, 3.63) is 66.2 Å². The summed E-state index contributed by atoms with van der Waals surface area (Å²) in [6.07, 6.45) is 6.98. The Labute approximate surface area is 180 Å². The van der Waals surface area contributed by atoms with E-state index in [2.05, 4.69) is 55.8 Å². The lowest BCUT2D eigenvalue weighted by atomic mass is 9.97. The van der Waals surface area contributed by atoms with E-state index in [4.69, 9.17) is 14.7 Å². The van der Waals surface area contributed by atoms with Crippen molar-refractivity contribution in [2.24, 2.45) is 0 Å². The summed E-state index contributed by atoms with van der Waals surface area (Å²) in [5, 5.41) is 0. The van der Waals surface area contributed by atoms with Crippen molar-refractivity contribution in [1.29, 1.82) is 0 Å². The molecule has 156 valence electrons. The fourth-order valence-corrected chi connectivity index (χ4v) is 4.64. The average molecular weight is 412 g/mol. The van der Waals surface area contributed by atoms with Gasteiger partial charge in [0.1, 0.15) is 11.3 Å². The van der Waals surface area contributed by atoms with E-state index in [1.807, 2.05) is 18.5 Å². The van der Waals surface area contributed by atoms with Crippen molar-refractivity contribution in [3.8, 4) is 11.3 Å². The zero-order chi connectivity index (χ0) is 20.6. The van der Waals surface area contributed by atoms with Crippen LogP contribution in [0, 0.1) is 0 Å². The van der Waals surface area contributed by atoms with Gasteiger partial charge in [-0.15, -0.1) is 0 Å². The molecule has 2 aliphatic heterocycles. The lowest BCUT2D eigenvalue weighted by Crippen LogP contribution is -2.37. The van der Waals surface area contributed by atoms with Gasteiger partial charge >= 0.3 is 0 Å². The van der Waals surface area contributed by atoms with Gasteiger partial charge in [0.15, 0.2) is 5.65 Å².